The van der Waals surface area contributed by atoms with Gasteiger partial charge in [-0.2, -0.15) is 4.72 Å². The van der Waals surface area contributed by atoms with Gasteiger partial charge in [0.1, 0.15) is 0 Å². The molecule has 8 nitrogen and oxygen atoms in total. The van der Waals surface area contributed by atoms with Gasteiger partial charge in [0, 0.05) is 37.0 Å². The Morgan fingerprint density at radius 2 is 1.70 bits per heavy atom. The Labute approximate surface area is 195 Å². The van der Waals surface area contributed by atoms with Crippen LogP contribution in [0.4, 0.5) is 11.4 Å². The van der Waals surface area contributed by atoms with Crippen LogP contribution in [-0.4, -0.2) is 46.7 Å². The summed E-state index contributed by atoms with van der Waals surface area (Å²) in [7, 11) is -3.92. The highest BCUT2D eigenvalue weighted by Crippen LogP contribution is 2.32. The van der Waals surface area contributed by atoms with Crippen molar-refractivity contribution in [2.24, 2.45) is 5.92 Å². The number of ether oxygens (including phenoxy) is 2. The van der Waals surface area contributed by atoms with E-state index in [1.54, 1.807) is 6.07 Å². The Kier molecular flexibility index (Phi) is 7.09. The third-order valence-electron chi connectivity index (χ3n) is 6.04. The summed E-state index contributed by atoms with van der Waals surface area (Å²) in [5, 5.41) is 2.78. The van der Waals surface area contributed by atoms with Gasteiger partial charge >= 0.3 is 0 Å². The van der Waals surface area contributed by atoms with Crippen molar-refractivity contribution in [3.8, 4) is 11.5 Å². The summed E-state index contributed by atoms with van der Waals surface area (Å²) in [5.41, 5.74) is 1.75. The number of fused-ring (bicyclic) bond motifs is 1. The van der Waals surface area contributed by atoms with Crippen LogP contribution < -0.4 is 24.4 Å². The lowest BCUT2D eigenvalue weighted by Crippen LogP contribution is -2.41. The molecular weight excluding hydrogens is 442 g/mol. The lowest BCUT2D eigenvalue weighted by molar-refractivity contribution is -0.117. The van der Waals surface area contributed by atoms with Crippen molar-refractivity contribution >= 4 is 27.3 Å². The molecule has 1 unspecified atom stereocenters. The maximum absolute atomic E-state index is 12.8. The summed E-state index contributed by atoms with van der Waals surface area (Å²) < 4.78 is 39.2. The van der Waals surface area contributed by atoms with E-state index >= 15 is 0 Å². The van der Waals surface area contributed by atoms with Gasteiger partial charge in [0.25, 0.3) is 0 Å². The molecule has 9 heteroatoms. The highest BCUT2D eigenvalue weighted by atomic mass is 32.2. The summed E-state index contributed by atoms with van der Waals surface area (Å²) in [6.45, 7) is 6.84. The molecule has 1 saturated heterocycles. The van der Waals surface area contributed by atoms with Crippen LogP contribution in [0.1, 0.15) is 33.1 Å². The zero-order valence-electron chi connectivity index (χ0n) is 19.0. The first-order valence-corrected chi connectivity index (χ1v) is 12.9. The summed E-state index contributed by atoms with van der Waals surface area (Å²) in [4.78, 5) is 15.0. The number of sulfonamides is 1. The van der Waals surface area contributed by atoms with Gasteiger partial charge < -0.3 is 19.7 Å². The Hall–Kier alpha value is -2.78. The maximum Gasteiger partial charge on any atom is 0.242 e. The number of nitrogens with one attached hydrogen (secondary N) is 2. The number of carbonyl (C=O) groups is 1. The van der Waals surface area contributed by atoms with Crippen LogP contribution in [0.15, 0.2) is 47.4 Å². The predicted molar refractivity (Wildman–Crippen MR) is 128 cm³/mol. The molecule has 0 aromatic heterocycles. The first-order valence-electron chi connectivity index (χ1n) is 11.4. The number of hydrogen-bond donors (Lipinski definition) is 2. The Bertz CT molecular complexity index is 1080. The SMILES string of the molecule is CC1CCN(c2ccc(NC(=O)C(C)NS(=O)(=O)c3ccc4c(c3)OCCCO4)cc2)CC1. The van der Waals surface area contributed by atoms with E-state index in [4.69, 9.17) is 9.47 Å². The van der Waals surface area contributed by atoms with E-state index in [9.17, 15) is 13.2 Å². The smallest absolute Gasteiger partial charge is 0.242 e. The molecule has 2 aliphatic rings. The molecular formula is C24H31N3O5S. The van der Waals surface area contributed by atoms with Gasteiger partial charge in [-0.25, -0.2) is 8.42 Å². The monoisotopic (exact) mass is 473 g/mol. The summed E-state index contributed by atoms with van der Waals surface area (Å²) in [6, 6.07) is 11.1. The summed E-state index contributed by atoms with van der Waals surface area (Å²) in [6.07, 6.45) is 3.09. The number of benzene rings is 2. The second-order valence-electron chi connectivity index (χ2n) is 8.71. The van der Waals surface area contributed by atoms with E-state index in [1.807, 2.05) is 24.3 Å². The first-order chi connectivity index (χ1) is 15.8. The molecule has 1 fully saturated rings. The zero-order chi connectivity index (χ0) is 23.4. The van der Waals surface area contributed by atoms with Crippen molar-refractivity contribution in [2.75, 3.05) is 36.5 Å². The lowest BCUT2D eigenvalue weighted by atomic mass is 9.99. The molecule has 0 aliphatic carbocycles. The van der Waals surface area contributed by atoms with Crippen LogP contribution in [0, 0.1) is 5.92 Å². The van der Waals surface area contributed by atoms with Gasteiger partial charge in [0.05, 0.1) is 24.2 Å². The maximum atomic E-state index is 12.8. The van der Waals surface area contributed by atoms with Crippen LogP contribution in [-0.2, 0) is 14.8 Å². The van der Waals surface area contributed by atoms with Crippen molar-refractivity contribution in [3.63, 3.8) is 0 Å². The fraction of sp³-hybridized carbons (Fsp3) is 0.458. The van der Waals surface area contributed by atoms with Gasteiger partial charge in [0.2, 0.25) is 15.9 Å². The second kappa shape index (κ2) is 10.0. The largest absolute Gasteiger partial charge is 0.490 e. The molecule has 1 atom stereocenters. The van der Waals surface area contributed by atoms with Crippen LogP contribution in [0.3, 0.4) is 0 Å². The predicted octanol–water partition coefficient (Wildman–Crippen LogP) is 3.39. The van der Waals surface area contributed by atoms with E-state index in [2.05, 4.69) is 21.9 Å². The van der Waals surface area contributed by atoms with Crippen molar-refractivity contribution in [1.82, 2.24) is 4.72 Å². The minimum absolute atomic E-state index is 0.0200. The molecule has 2 aliphatic heterocycles. The summed E-state index contributed by atoms with van der Waals surface area (Å²) >= 11 is 0. The fourth-order valence-corrected chi connectivity index (χ4v) is 5.16. The minimum Gasteiger partial charge on any atom is -0.490 e. The number of carbonyl (C=O) groups excluding carboxylic acids is 1. The van der Waals surface area contributed by atoms with E-state index in [0.29, 0.717) is 30.4 Å². The molecule has 2 heterocycles. The average molecular weight is 474 g/mol. The van der Waals surface area contributed by atoms with Gasteiger partial charge in [-0.05, 0) is 62.1 Å². The quantitative estimate of drug-likeness (QED) is 0.668. The molecule has 178 valence electrons. The van der Waals surface area contributed by atoms with Crippen molar-refractivity contribution in [3.05, 3.63) is 42.5 Å². The number of nitrogens with zero attached hydrogens (tertiary/aromatic N) is 1. The molecule has 0 spiro atoms. The van der Waals surface area contributed by atoms with Gasteiger partial charge in [0.15, 0.2) is 11.5 Å². The molecule has 0 bridgehead atoms. The van der Waals surface area contributed by atoms with E-state index in [-0.39, 0.29) is 4.90 Å². The standard InChI is InChI=1S/C24H31N3O5S/c1-17-10-12-27(13-11-17)20-6-4-19(5-7-20)25-24(28)18(2)26-33(29,30)21-8-9-22-23(16-21)32-15-3-14-31-22/h4-9,16-18,26H,3,10-15H2,1-2H3,(H,25,28). The number of rotatable bonds is 6. The lowest BCUT2D eigenvalue weighted by Gasteiger charge is -2.32. The molecule has 4 rings (SSSR count). The van der Waals surface area contributed by atoms with Crippen LogP contribution >= 0.6 is 0 Å². The Morgan fingerprint density at radius 3 is 2.39 bits per heavy atom. The Morgan fingerprint density at radius 1 is 1.03 bits per heavy atom. The molecule has 33 heavy (non-hydrogen) atoms. The fourth-order valence-electron chi connectivity index (χ4n) is 3.94. The topological polar surface area (TPSA) is 97.0 Å². The third kappa shape index (κ3) is 5.78. The van der Waals surface area contributed by atoms with Gasteiger partial charge in [-0.15, -0.1) is 0 Å². The normalized spacial score (nSPS) is 17.8. The number of hydrogen-bond acceptors (Lipinski definition) is 6. The van der Waals surface area contributed by atoms with Gasteiger partial charge in [-0.1, -0.05) is 6.92 Å². The third-order valence-corrected chi connectivity index (χ3v) is 7.58. The molecule has 2 aromatic rings. The highest BCUT2D eigenvalue weighted by Gasteiger charge is 2.24. The summed E-state index contributed by atoms with van der Waals surface area (Å²) in [5.74, 6) is 1.22. The number of anilines is 2. The Balaban J connectivity index is 1.36. The van der Waals surface area contributed by atoms with Crippen molar-refractivity contribution in [2.45, 2.75) is 44.0 Å². The average Bonchev–Trinajstić information content (AvgIpc) is 3.05. The number of piperidine rings is 1. The highest BCUT2D eigenvalue weighted by molar-refractivity contribution is 7.89. The minimum atomic E-state index is -3.92. The first kappa shape index (κ1) is 23.4. The van der Waals surface area contributed by atoms with E-state index in [1.165, 1.54) is 31.9 Å². The second-order valence-corrected chi connectivity index (χ2v) is 10.4. The van der Waals surface area contributed by atoms with Crippen molar-refractivity contribution < 1.29 is 22.7 Å². The van der Waals surface area contributed by atoms with Crippen LogP contribution in [0.2, 0.25) is 0 Å². The molecule has 0 radical (unpaired) electrons. The molecule has 0 saturated carbocycles. The number of amides is 1. The zero-order valence-corrected chi connectivity index (χ0v) is 19.9. The van der Waals surface area contributed by atoms with Crippen LogP contribution in [0.25, 0.3) is 0 Å². The van der Waals surface area contributed by atoms with Crippen LogP contribution in [0.5, 0.6) is 11.5 Å². The van der Waals surface area contributed by atoms with Gasteiger partial charge in [-0.3, -0.25) is 4.79 Å². The van der Waals surface area contributed by atoms with E-state index < -0.39 is 22.0 Å². The molecule has 1 amide bonds. The van der Waals surface area contributed by atoms with Crippen molar-refractivity contribution in [1.29, 1.82) is 0 Å². The van der Waals surface area contributed by atoms with E-state index in [0.717, 1.165) is 31.1 Å². The molecule has 2 aromatic carbocycles. The molecule has 2 N–H and O–H groups in total.